The van der Waals surface area contributed by atoms with Crippen molar-refractivity contribution in [2.45, 2.75) is 0 Å². The molecule has 8 bridgehead atoms. The van der Waals surface area contributed by atoms with Crippen molar-refractivity contribution in [2.24, 2.45) is 0 Å². The van der Waals surface area contributed by atoms with E-state index < -0.39 is 0 Å². The predicted molar refractivity (Wildman–Crippen MR) is 205 cm³/mol. The van der Waals surface area contributed by atoms with Crippen molar-refractivity contribution < 1.29 is 37.5 Å². The molecule has 0 spiro atoms. The molecule has 3 aromatic heterocycles. The molecule has 2 aliphatic rings. The fraction of sp³-hybridized carbons (Fsp3) is 0. The number of aromatic nitrogens is 4. The van der Waals surface area contributed by atoms with Gasteiger partial charge in [0.05, 0.1) is 22.8 Å². The number of rotatable bonds is 4. The van der Waals surface area contributed by atoms with Gasteiger partial charge in [0.2, 0.25) is 0 Å². The summed E-state index contributed by atoms with van der Waals surface area (Å²) in [5.41, 5.74) is 11.8. The standard InChI is InChI=1S/C44H28N4O4.Cu/c49-29-9-1-25(2-10-29)41-33-17-19-35(45-33)42(26-3-11-30(50)12-4-26)37-21-23-39(47-37)44(28-7-15-32(52)16-8-28)40-24-22-38(48-40)43(36-20-18-34(41)46-36)27-5-13-31(51)14-6-27;/h1-24H,(H4-2,45,46,47,48,49,50,51,52);/q-2;+2. The van der Waals surface area contributed by atoms with E-state index in [1.165, 1.54) is 0 Å². The number of hydrogen-bond donors (Lipinski definition) is 4. The topological polar surface area (TPSA) is 135 Å². The van der Waals surface area contributed by atoms with Crippen molar-refractivity contribution in [3.63, 3.8) is 0 Å². The Balaban J connectivity index is 0.00000400. The van der Waals surface area contributed by atoms with Crippen LogP contribution in [0.5, 0.6) is 23.0 Å². The monoisotopic (exact) mass is 739 g/mol. The third kappa shape index (κ3) is 6.14. The van der Waals surface area contributed by atoms with Crippen LogP contribution in [0.15, 0.2) is 121 Å². The predicted octanol–water partition coefficient (Wildman–Crippen LogP) is 9.40. The van der Waals surface area contributed by atoms with Gasteiger partial charge in [-0.3, -0.25) is 0 Å². The Morgan fingerprint density at radius 3 is 0.717 bits per heavy atom. The van der Waals surface area contributed by atoms with Crippen LogP contribution in [0.1, 0.15) is 22.8 Å². The van der Waals surface area contributed by atoms with E-state index in [2.05, 4.69) is 0 Å². The van der Waals surface area contributed by atoms with E-state index >= 15 is 0 Å². The third-order valence-corrected chi connectivity index (χ3v) is 9.23. The summed E-state index contributed by atoms with van der Waals surface area (Å²) in [5, 5.41) is 40.6. The summed E-state index contributed by atoms with van der Waals surface area (Å²) < 4.78 is 0. The first-order chi connectivity index (χ1) is 25.4. The number of benzene rings is 4. The molecule has 7 aromatic rings. The molecule has 9 rings (SSSR count). The van der Waals surface area contributed by atoms with E-state index in [4.69, 9.17) is 19.9 Å². The van der Waals surface area contributed by atoms with Gasteiger partial charge in [0.25, 0.3) is 0 Å². The van der Waals surface area contributed by atoms with Crippen molar-refractivity contribution in [1.82, 2.24) is 19.9 Å². The molecule has 4 aromatic carbocycles. The number of aromatic hydroxyl groups is 4. The van der Waals surface area contributed by atoms with E-state index in [1.807, 2.05) is 97.1 Å². The summed E-state index contributed by atoms with van der Waals surface area (Å²) in [4.78, 5) is 20.8. The normalized spacial score (nSPS) is 11.8. The molecular weight excluding hydrogens is 712 g/mol. The van der Waals surface area contributed by atoms with E-state index in [9.17, 15) is 20.4 Å². The smallest absolute Gasteiger partial charge is 0.657 e. The van der Waals surface area contributed by atoms with Gasteiger partial charge in [0.15, 0.2) is 0 Å². The van der Waals surface area contributed by atoms with Crippen LogP contribution in [0, 0.1) is 0 Å². The SMILES string of the molecule is Oc1ccc(-c2c3nc(c(-c4ccc(O)cc4)c4ccc([n-]4)c(-c4ccc(O)cc4)c4nc(c(-c5ccc(O)cc5)c5ccc2[n-]5)C=C4)C=C3)cc1.[Cu+2]. The van der Waals surface area contributed by atoms with Gasteiger partial charge in [-0.05, 0) is 117 Å². The van der Waals surface area contributed by atoms with Crippen LogP contribution in [-0.4, -0.2) is 30.4 Å². The van der Waals surface area contributed by atoms with Gasteiger partial charge >= 0.3 is 17.1 Å². The van der Waals surface area contributed by atoms with Gasteiger partial charge < -0.3 is 30.4 Å². The van der Waals surface area contributed by atoms with Crippen molar-refractivity contribution in [1.29, 1.82) is 0 Å². The van der Waals surface area contributed by atoms with Crippen LogP contribution < -0.4 is 9.97 Å². The molecule has 1 radical (unpaired) electrons. The van der Waals surface area contributed by atoms with Gasteiger partial charge in [-0.2, -0.15) is 0 Å². The summed E-state index contributed by atoms with van der Waals surface area (Å²) in [6, 6.07) is 35.7. The number of nitrogens with zero attached hydrogens (tertiary/aromatic N) is 4. The zero-order valence-corrected chi connectivity index (χ0v) is 28.7. The molecule has 0 aliphatic carbocycles. The van der Waals surface area contributed by atoms with Gasteiger partial charge in [-0.15, -0.1) is 22.1 Å². The van der Waals surface area contributed by atoms with Crippen molar-refractivity contribution in [3.05, 3.63) is 144 Å². The minimum absolute atomic E-state index is 0. The van der Waals surface area contributed by atoms with Gasteiger partial charge in [0, 0.05) is 0 Å². The van der Waals surface area contributed by atoms with Crippen LogP contribution >= 0.6 is 0 Å². The molecule has 9 heteroatoms. The first kappa shape index (κ1) is 33.3. The second kappa shape index (κ2) is 13.4. The Morgan fingerprint density at radius 2 is 0.509 bits per heavy atom. The van der Waals surface area contributed by atoms with Gasteiger partial charge in [-0.25, -0.2) is 9.97 Å². The zero-order chi connectivity index (χ0) is 35.3. The fourth-order valence-electron chi connectivity index (χ4n) is 6.78. The molecule has 4 N–H and O–H groups in total. The van der Waals surface area contributed by atoms with Gasteiger partial charge in [-0.1, -0.05) is 72.8 Å². The summed E-state index contributed by atoms with van der Waals surface area (Å²) in [7, 11) is 0. The number of fused-ring (bicyclic) bond motifs is 8. The van der Waals surface area contributed by atoms with Crippen LogP contribution in [0.3, 0.4) is 0 Å². The Bertz CT molecular complexity index is 2370. The van der Waals surface area contributed by atoms with Crippen molar-refractivity contribution in [2.75, 3.05) is 0 Å². The van der Waals surface area contributed by atoms with E-state index in [0.717, 1.165) is 44.5 Å². The molecule has 5 heterocycles. The molecule has 0 amide bonds. The third-order valence-electron chi connectivity index (χ3n) is 9.23. The molecule has 53 heavy (non-hydrogen) atoms. The average Bonchev–Trinajstić information content (AvgIpc) is 3.99. The second-order valence-corrected chi connectivity index (χ2v) is 12.5. The largest absolute Gasteiger partial charge is 2.00 e. The molecule has 0 saturated carbocycles. The maximum Gasteiger partial charge on any atom is 2.00 e. The zero-order valence-electron chi connectivity index (χ0n) is 27.7. The number of phenolic OH excluding ortho intramolecular Hbond substituents is 4. The fourth-order valence-corrected chi connectivity index (χ4v) is 6.78. The van der Waals surface area contributed by atoms with E-state index in [1.54, 1.807) is 48.5 Å². The first-order valence-electron chi connectivity index (χ1n) is 16.6. The minimum atomic E-state index is 0. The molecule has 0 unspecified atom stereocenters. The van der Waals surface area contributed by atoms with Crippen LogP contribution in [0.25, 0.3) is 90.9 Å². The molecular formula is C44H28CuN4O4. The Labute approximate surface area is 314 Å². The molecule has 0 atom stereocenters. The number of hydrogen-bond acceptors (Lipinski definition) is 6. The Hall–Kier alpha value is -6.80. The maximum atomic E-state index is 10.2. The molecule has 0 saturated heterocycles. The Kier molecular flexibility index (Phi) is 8.43. The van der Waals surface area contributed by atoms with Crippen LogP contribution in [0.2, 0.25) is 0 Å². The van der Waals surface area contributed by atoms with Crippen LogP contribution in [0.4, 0.5) is 0 Å². The molecule has 259 valence electrons. The first-order valence-corrected chi connectivity index (χ1v) is 16.6. The molecule has 2 aliphatic heterocycles. The molecule has 8 nitrogen and oxygen atoms in total. The van der Waals surface area contributed by atoms with Crippen molar-refractivity contribution >= 4 is 46.4 Å². The summed E-state index contributed by atoms with van der Waals surface area (Å²) in [5.74, 6) is 0.594. The van der Waals surface area contributed by atoms with Gasteiger partial charge in [0.1, 0.15) is 23.0 Å². The number of phenols is 4. The minimum Gasteiger partial charge on any atom is -0.657 e. The summed E-state index contributed by atoms with van der Waals surface area (Å²) >= 11 is 0. The summed E-state index contributed by atoms with van der Waals surface area (Å²) in [6.45, 7) is 0. The Morgan fingerprint density at radius 1 is 0.302 bits per heavy atom. The molecule has 0 fully saturated rings. The van der Waals surface area contributed by atoms with E-state index in [0.29, 0.717) is 44.8 Å². The van der Waals surface area contributed by atoms with Crippen molar-refractivity contribution in [3.8, 4) is 67.5 Å². The van der Waals surface area contributed by atoms with Crippen LogP contribution in [-0.2, 0) is 17.1 Å². The summed E-state index contributed by atoms with van der Waals surface area (Å²) in [6.07, 6.45) is 7.82. The maximum absolute atomic E-state index is 10.2. The average molecular weight is 740 g/mol. The second-order valence-electron chi connectivity index (χ2n) is 12.5. The van der Waals surface area contributed by atoms with E-state index in [-0.39, 0.29) is 40.1 Å². The quantitative estimate of drug-likeness (QED) is 0.131.